The number of nitrogens with one attached hydrogen (secondary N) is 2. The van der Waals surface area contributed by atoms with Gasteiger partial charge in [0.15, 0.2) is 23.0 Å². The molecular formula is C33H44F2N4O11. The summed E-state index contributed by atoms with van der Waals surface area (Å²) < 4.78 is 63.2. The lowest BCUT2D eigenvalue weighted by Crippen LogP contribution is -2.41. The lowest BCUT2D eigenvalue weighted by molar-refractivity contribution is -0.145. The average molecular weight is 711 g/mol. The number of likely N-dealkylation sites (tertiary alicyclic amines) is 1. The highest BCUT2D eigenvalue weighted by Crippen LogP contribution is 2.38. The van der Waals surface area contributed by atoms with Crippen molar-refractivity contribution in [2.75, 3.05) is 40.6 Å². The van der Waals surface area contributed by atoms with Gasteiger partial charge in [-0.05, 0) is 71.1 Å². The molecule has 4 rings (SSSR count). The second-order valence-corrected chi connectivity index (χ2v) is 13.0. The van der Waals surface area contributed by atoms with E-state index in [1.807, 2.05) is 0 Å². The Morgan fingerprint density at radius 2 is 1.82 bits per heavy atom. The molecule has 15 nitrogen and oxygen atoms in total. The number of aromatic nitrogens is 1. The number of amides is 3. The molecule has 0 bridgehead atoms. The molecule has 17 heteroatoms. The third-order valence-corrected chi connectivity index (χ3v) is 7.70. The van der Waals surface area contributed by atoms with E-state index in [9.17, 15) is 28.0 Å². The molecule has 2 heterocycles. The number of methoxy groups -OCH3 is 2. The number of alkyl carbamates (subject to hydrolysis) is 2. The minimum Gasteiger partial charge on any atom is -0.489 e. The van der Waals surface area contributed by atoms with Crippen LogP contribution in [0.2, 0.25) is 0 Å². The number of alkyl halides is 2. The number of nitrogens with zero attached hydrogens (tertiary/aromatic N) is 2. The lowest BCUT2D eigenvalue weighted by atomic mass is 10.1. The van der Waals surface area contributed by atoms with Crippen molar-refractivity contribution in [2.45, 2.75) is 83.7 Å². The van der Waals surface area contributed by atoms with Crippen molar-refractivity contribution in [1.82, 2.24) is 20.5 Å². The van der Waals surface area contributed by atoms with E-state index in [1.165, 1.54) is 37.3 Å². The first kappa shape index (κ1) is 38.1. The Morgan fingerprint density at radius 3 is 2.46 bits per heavy atom. The standard InChI is InChI=1S/C33H44F2N4O11/c1-18(36-32(43)50-33(2,3)4)27-26(29(41)39-16-21(37-31(42)45-6)14-22(39)15-25(40)46-12-11-44-5)38-28(49-27)20-9-10-23(48-30(34)35)24(13-20)47-17-19-7-8-19/h9-10,13,18-19,21-22,30H,7-8,11-12,14-17H2,1-6H3,(H,36,43)(H,37,42)/t18-,21+,22-/m0/s1. The minimum atomic E-state index is -3.09. The third kappa shape index (κ3) is 10.9. The van der Waals surface area contributed by atoms with Gasteiger partial charge in [-0.25, -0.2) is 14.6 Å². The molecule has 2 aliphatic rings. The van der Waals surface area contributed by atoms with Crippen LogP contribution in [0.3, 0.4) is 0 Å². The van der Waals surface area contributed by atoms with Crippen molar-refractivity contribution in [3.05, 3.63) is 29.7 Å². The van der Waals surface area contributed by atoms with E-state index in [1.54, 1.807) is 27.7 Å². The van der Waals surface area contributed by atoms with Crippen LogP contribution in [0.1, 0.15) is 75.7 Å². The van der Waals surface area contributed by atoms with Crippen molar-refractivity contribution in [3.63, 3.8) is 0 Å². The first-order valence-electron chi connectivity index (χ1n) is 16.2. The fourth-order valence-corrected chi connectivity index (χ4v) is 5.21. The number of ether oxygens (including phenoxy) is 6. The van der Waals surface area contributed by atoms with Gasteiger partial charge in [0.25, 0.3) is 5.91 Å². The van der Waals surface area contributed by atoms with Crippen molar-refractivity contribution >= 4 is 24.1 Å². The van der Waals surface area contributed by atoms with Gasteiger partial charge in [-0.2, -0.15) is 8.78 Å². The summed E-state index contributed by atoms with van der Waals surface area (Å²) in [6.45, 7) is 4.01. The van der Waals surface area contributed by atoms with E-state index < -0.39 is 54.4 Å². The zero-order valence-corrected chi connectivity index (χ0v) is 28.9. The summed E-state index contributed by atoms with van der Waals surface area (Å²) in [5.41, 5.74) is -0.753. The fraction of sp³-hybridized carbons (Fsp3) is 0.606. The molecule has 3 atom stereocenters. The second kappa shape index (κ2) is 16.8. The number of halogens is 2. The number of benzene rings is 1. The predicted molar refractivity (Wildman–Crippen MR) is 171 cm³/mol. The Hall–Kier alpha value is -4.67. The molecule has 2 aromatic rings. The lowest BCUT2D eigenvalue weighted by Gasteiger charge is -2.24. The Morgan fingerprint density at radius 1 is 1.08 bits per heavy atom. The van der Waals surface area contributed by atoms with E-state index in [4.69, 9.17) is 28.1 Å². The van der Waals surface area contributed by atoms with E-state index in [-0.39, 0.29) is 67.0 Å². The molecule has 1 saturated heterocycles. The summed E-state index contributed by atoms with van der Waals surface area (Å²) >= 11 is 0. The predicted octanol–water partition coefficient (Wildman–Crippen LogP) is 4.84. The smallest absolute Gasteiger partial charge is 0.408 e. The van der Waals surface area contributed by atoms with Gasteiger partial charge in [0.05, 0.1) is 38.8 Å². The van der Waals surface area contributed by atoms with Crippen molar-refractivity contribution in [1.29, 1.82) is 0 Å². The SMILES string of the molecule is COCCOC(=O)C[C@@H]1C[C@@H](NC(=O)OC)CN1C(=O)c1nc(-c2ccc(OC(F)F)c(OCC3CC3)c2)oc1[C@H](C)NC(=O)OC(C)(C)C. The molecule has 0 spiro atoms. The van der Waals surface area contributed by atoms with E-state index >= 15 is 0 Å². The topological polar surface area (TPSA) is 177 Å². The van der Waals surface area contributed by atoms with Crippen LogP contribution >= 0.6 is 0 Å². The highest BCUT2D eigenvalue weighted by molar-refractivity contribution is 5.95. The highest BCUT2D eigenvalue weighted by Gasteiger charge is 2.41. The highest BCUT2D eigenvalue weighted by atomic mass is 19.3. The molecule has 1 saturated carbocycles. The number of hydrogen-bond donors (Lipinski definition) is 2. The first-order chi connectivity index (χ1) is 23.7. The van der Waals surface area contributed by atoms with Gasteiger partial charge in [0.2, 0.25) is 5.89 Å². The van der Waals surface area contributed by atoms with E-state index in [2.05, 4.69) is 20.4 Å². The molecule has 0 unspecified atom stereocenters. The molecule has 2 N–H and O–H groups in total. The van der Waals surface area contributed by atoms with Gasteiger partial charge in [0.1, 0.15) is 12.2 Å². The Labute approximate surface area is 288 Å². The Bertz CT molecular complexity index is 1510. The molecule has 1 aromatic heterocycles. The number of oxazole rings is 1. The number of hydrogen-bond acceptors (Lipinski definition) is 12. The van der Waals surface area contributed by atoms with Crippen molar-refractivity contribution < 1.29 is 60.8 Å². The van der Waals surface area contributed by atoms with E-state index in [0.29, 0.717) is 12.5 Å². The van der Waals surface area contributed by atoms with Crippen LogP contribution in [0.4, 0.5) is 18.4 Å². The molecule has 0 radical (unpaired) electrons. The summed E-state index contributed by atoms with van der Waals surface area (Å²) in [4.78, 5) is 57.7. The van der Waals surface area contributed by atoms with Crippen LogP contribution in [0.15, 0.2) is 22.6 Å². The van der Waals surface area contributed by atoms with Crippen LogP contribution in [-0.4, -0.2) is 98.8 Å². The molecular weight excluding hydrogens is 666 g/mol. The van der Waals surface area contributed by atoms with Gasteiger partial charge in [-0.1, -0.05) is 0 Å². The van der Waals surface area contributed by atoms with Crippen LogP contribution in [0.5, 0.6) is 11.5 Å². The van der Waals surface area contributed by atoms with Gasteiger partial charge in [-0.3, -0.25) is 9.59 Å². The first-order valence-corrected chi connectivity index (χ1v) is 16.2. The average Bonchev–Trinajstić information content (AvgIpc) is 3.62. The zero-order chi connectivity index (χ0) is 36.6. The monoisotopic (exact) mass is 710 g/mol. The zero-order valence-electron chi connectivity index (χ0n) is 28.9. The Balaban J connectivity index is 1.70. The third-order valence-electron chi connectivity index (χ3n) is 7.70. The van der Waals surface area contributed by atoms with Crippen LogP contribution in [0.25, 0.3) is 11.5 Å². The molecule has 1 aliphatic carbocycles. The number of carbonyl (C=O) groups is 4. The largest absolute Gasteiger partial charge is 0.489 e. The van der Waals surface area contributed by atoms with Crippen molar-refractivity contribution in [3.8, 4) is 23.0 Å². The van der Waals surface area contributed by atoms with Gasteiger partial charge >= 0.3 is 24.8 Å². The maximum Gasteiger partial charge on any atom is 0.408 e. The molecule has 3 amide bonds. The summed E-state index contributed by atoms with van der Waals surface area (Å²) in [5, 5.41) is 5.31. The minimum absolute atomic E-state index is 0.0119. The van der Waals surface area contributed by atoms with Gasteiger partial charge < -0.3 is 48.4 Å². The van der Waals surface area contributed by atoms with Gasteiger partial charge in [0, 0.05) is 25.3 Å². The molecule has 1 aromatic carbocycles. The van der Waals surface area contributed by atoms with Crippen LogP contribution < -0.4 is 20.1 Å². The summed E-state index contributed by atoms with van der Waals surface area (Å²) in [7, 11) is 2.67. The maximum absolute atomic E-state index is 14.3. The quantitative estimate of drug-likeness (QED) is 0.146. The number of esters is 1. The fourth-order valence-electron chi connectivity index (χ4n) is 5.21. The molecule has 2 fully saturated rings. The summed E-state index contributed by atoms with van der Waals surface area (Å²) in [5.74, 6) is -1.23. The molecule has 276 valence electrons. The van der Waals surface area contributed by atoms with Gasteiger partial charge in [-0.15, -0.1) is 0 Å². The molecule has 1 aliphatic heterocycles. The van der Waals surface area contributed by atoms with Crippen LogP contribution in [-0.2, 0) is 23.7 Å². The van der Waals surface area contributed by atoms with Crippen LogP contribution in [0, 0.1) is 5.92 Å². The summed E-state index contributed by atoms with van der Waals surface area (Å²) in [6.07, 6.45) is 0.406. The normalized spacial score (nSPS) is 18.0. The summed E-state index contributed by atoms with van der Waals surface area (Å²) in [6, 6.07) is 1.86. The molecule has 50 heavy (non-hydrogen) atoms. The second-order valence-electron chi connectivity index (χ2n) is 13.0. The number of carbonyl (C=O) groups excluding carboxylic acids is 4. The Kier molecular flexibility index (Phi) is 12.8. The van der Waals surface area contributed by atoms with E-state index in [0.717, 1.165) is 12.8 Å². The maximum atomic E-state index is 14.3. The van der Waals surface area contributed by atoms with Crippen molar-refractivity contribution in [2.24, 2.45) is 5.92 Å². The number of rotatable bonds is 15.